The van der Waals surface area contributed by atoms with E-state index in [1.165, 1.54) is 12.1 Å². The molecule has 3 rings (SSSR count). The highest BCUT2D eigenvalue weighted by molar-refractivity contribution is 5.87. The maximum absolute atomic E-state index is 10.8. The van der Waals surface area contributed by atoms with Crippen LogP contribution in [0.25, 0.3) is 0 Å². The Labute approximate surface area is 150 Å². The average Bonchev–Trinajstić information content (AvgIpc) is 2.65. The van der Waals surface area contributed by atoms with Gasteiger partial charge in [-0.25, -0.2) is 9.78 Å². The van der Waals surface area contributed by atoms with Crippen molar-refractivity contribution in [3.63, 3.8) is 0 Å². The number of ether oxygens (including phenoxy) is 1. The third-order valence-electron chi connectivity index (χ3n) is 3.57. The molecule has 0 bridgehead atoms. The van der Waals surface area contributed by atoms with Crippen LogP contribution in [0.1, 0.15) is 68.0 Å². The molecule has 0 fully saturated rings. The van der Waals surface area contributed by atoms with Gasteiger partial charge in [-0.15, -0.1) is 0 Å². The fraction of sp³-hybridized carbons (Fsp3) is 0.450. The molecular weight excluding hydrogens is 316 g/mol. The number of fused-ring (bicyclic) bond motifs is 1. The SMILES string of the molecule is CC.CC.Cc1nc2c(c(Oc3ccc(C(=O)O)cc3)n1)CCCC2. The van der Waals surface area contributed by atoms with E-state index in [1.54, 1.807) is 12.1 Å². The maximum atomic E-state index is 10.8. The summed E-state index contributed by atoms with van der Waals surface area (Å²) in [6.07, 6.45) is 4.16. The van der Waals surface area contributed by atoms with Gasteiger partial charge in [0.15, 0.2) is 0 Å². The van der Waals surface area contributed by atoms with E-state index in [9.17, 15) is 4.79 Å². The lowest BCUT2D eigenvalue weighted by Gasteiger charge is -2.18. The second-order valence-corrected chi connectivity index (χ2v) is 5.14. The highest BCUT2D eigenvalue weighted by Gasteiger charge is 2.18. The van der Waals surface area contributed by atoms with Crippen LogP contribution in [0.3, 0.4) is 0 Å². The number of carboxylic acids is 1. The quantitative estimate of drug-likeness (QED) is 0.828. The fourth-order valence-electron chi connectivity index (χ4n) is 2.54. The highest BCUT2D eigenvalue weighted by atomic mass is 16.5. The first-order chi connectivity index (χ1) is 12.1. The largest absolute Gasteiger partial charge is 0.478 e. The number of aromatic carboxylic acids is 1. The van der Waals surface area contributed by atoms with E-state index in [2.05, 4.69) is 9.97 Å². The van der Waals surface area contributed by atoms with Crippen LogP contribution in [0, 0.1) is 6.92 Å². The van der Waals surface area contributed by atoms with Gasteiger partial charge in [0.2, 0.25) is 5.88 Å². The summed E-state index contributed by atoms with van der Waals surface area (Å²) in [6, 6.07) is 6.35. The van der Waals surface area contributed by atoms with Gasteiger partial charge in [0.1, 0.15) is 11.6 Å². The van der Waals surface area contributed by atoms with Crippen molar-refractivity contribution in [2.24, 2.45) is 0 Å². The first-order valence-electron chi connectivity index (χ1n) is 9.01. The van der Waals surface area contributed by atoms with Crippen molar-refractivity contribution >= 4 is 5.97 Å². The maximum Gasteiger partial charge on any atom is 0.335 e. The first-order valence-corrected chi connectivity index (χ1v) is 9.01. The lowest BCUT2D eigenvalue weighted by atomic mass is 9.97. The van der Waals surface area contributed by atoms with Crippen molar-refractivity contribution in [2.75, 3.05) is 0 Å². The van der Waals surface area contributed by atoms with Gasteiger partial charge < -0.3 is 9.84 Å². The van der Waals surface area contributed by atoms with Crippen LogP contribution < -0.4 is 4.74 Å². The lowest BCUT2D eigenvalue weighted by Crippen LogP contribution is -2.10. The van der Waals surface area contributed by atoms with Gasteiger partial charge in [-0.3, -0.25) is 0 Å². The number of hydrogen-bond acceptors (Lipinski definition) is 4. The van der Waals surface area contributed by atoms with Crippen molar-refractivity contribution in [3.8, 4) is 11.6 Å². The smallest absolute Gasteiger partial charge is 0.335 e. The molecule has 1 aromatic carbocycles. The van der Waals surface area contributed by atoms with E-state index < -0.39 is 5.97 Å². The van der Waals surface area contributed by atoms with Crippen LogP contribution in [0.15, 0.2) is 24.3 Å². The molecule has 25 heavy (non-hydrogen) atoms. The van der Waals surface area contributed by atoms with Gasteiger partial charge in [-0.1, -0.05) is 27.7 Å². The summed E-state index contributed by atoms with van der Waals surface area (Å²) < 4.78 is 5.85. The number of hydrogen-bond donors (Lipinski definition) is 1. The molecular formula is C20H28N2O3. The van der Waals surface area contributed by atoms with Gasteiger partial charge in [-0.2, -0.15) is 4.98 Å². The second kappa shape index (κ2) is 10.4. The number of carbonyl (C=O) groups is 1. The number of aryl methyl sites for hydroxylation is 2. The van der Waals surface area contributed by atoms with Gasteiger partial charge in [0.25, 0.3) is 0 Å². The minimum atomic E-state index is -0.947. The van der Waals surface area contributed by atoms with Crippen LogP contribution in [0.5, 0.6) is 11.6 Å². The third-order valence-corrected chi connectivity index (χ3v) is 3.57. The number of benzene rings is 1. The molecule has 1 aromatic heterocycles. The monoisotopic (exact) mass is 344 g/mol. The minimum absolute atomic E-state index is 0.239. The zero-order valence-electron chi connectivity index (χ0n) is 15.8. The summed E-state index contributed by atoms with van der Waals surface area (Å²) in [5.41, 5.74) is 2.39. The fourth-order valence-corrected chi connectivity index (χ4v) is 2.54. The van der Waals surface area contributed by atoms with Crippen molar-refractivity contribution in [2.45, 2.75) is 60.3 Å². The van der Waals surface area contributed by atoms with Crippen LogP contribution >= 0.6 is 0 Å². The Hall–Kier alpha value is -2.43. The molecule has 2 aromatic rings. The third kappa shape index (κ3) is 5.55. The molecule has 0 saturated carbocycles. The zero-order chi connectivity index (χ0) is 18.8. The van der Waals surface area contributed by atoms with Gasteiger partial charge in [0.05, 0.1) is 11.3 Å². The molecule has 5 nitrogen and oxygen atoms in total. The molecule has 0 spiro atoms. The van der Waals surface area contributed by atoms with Gasteiger partial charge >= 0.3 is 5.97 Å². The molecule has 0 unspecified atom stereocenters. The molecule has 0 atom stereocenters. The summed E-state index contributed by atoms with van der Waals surface area (Å²) >= 11 is 0. The van der Waals surface area contributed by atoms with Crippen molar-refractivity contribution in [3.05, 3.63) is 46.9 Å². The summed E-state index contributed by atoms with van der Waals surface area (Å²) in [6.45, 7) is 9.86. The zero-order valence-corrected chi connectivity index (χ0v) is 15.8. The van der Waals surface area contributed by atoms with E-state index in [4.69, 9.17) is 9.84 Å². The van der Waals surface area contributed by atoms with E-state index in [0.717, 1.165) is 36.9 Å². The van der Waals surface area contributed by atoms with Gasteiger partial charge in [0, 0.05) is 5.56 Å². The molecule has 0 aliphatic heterocycles. The van der Waals surface area contributed by atoms with Crippen molar-refractivity contribution in [1.82, 2.24) is 9.97 Å². The number of nitrogens with zero attached hydrogens (tertiary/aromatic N) is 2. The van der Waals surface area contributed by atoms with Crippen LogP contribution in [0.4, 0.5) is 0 Å². The number of aromatic nitrogens is 2. The molecule has 5 heteroatoms. The van der Waals surface area contributed by atoms with E-state index in [-0.39, 0.29) is 5.56 Å². The average molecular weight is 344 g/mol. The van der Waals surface area contributed by atoms with E-state index in [1.807, 2.05) is 34.6 Å². The number of carboxylic acid groups (broad SMARTS) is 1. The summed E-state index contributed by atoms with van der Waals surface area (Å²) in [5, 5.41) is 8.90. The molecule has 136 valence electrons. The van der Waals surface area contributed by atoms with E-state index in [0.29, 0.717) is 17.5 Å². The second-order valence-electron chi connectivity index (χ2n) is 5.14. The Morgan fingerprint density at radius 2 is 1.60 bits per heavy atom. The molecule has 1 N–H and O–H groups in total. The lowest BCUT2D eigenvalue weighted by molar-refractivity contribution is 0.0697. The van der Waals surface area contributed by atoms with Crippen LogP contribution in [-0.2, 0) is 12.8 Å². The Kier molecular flexibility index (Phi) is 8.61. The Morgan fingerprint density at radius 3 is 2.20 bits per heavy atom. The normalized spacial score (nSPS) is 11.9. The molecule has 1 aliphatic rings. The standard InChI is InChI=1S/C16H16N2O3.2C2H6/c1-10-17-14-5-3-2-4-13(14)15(18-10)21-12-8-6-11(7-9-12)16(19)20;2*1-2/h6-9H,2-5H2,1H3,(H,19,20);2*1-2H3. The summed E-state index contributed by atoms with van der Waals surface area (Å²) in [4.78, 5) is 19.7. The van der Waals surface area contributed by atoms with Crippen LogP contribution in [0.2, 0.25) is 0 Å². The molecule has 0 radical (unpaired) electrons. The molecule has 1 aliphatic carbocycles. The first kappa shape index (κ1) is 20.6. The van der Waals surface area contributed by atoms with Crippen LogP contribution in [-0.4, -0.2) is 21.0 Å². The Balaban J connectivity index is 0.000000730. The van der Waals surface area contributed by atoms with Crippen molar-refractivity contribution < 1.29 is 14.6 Å². The molecule has 0 saturated heterocycles. The number of rotatable bonds is 3. The summed E-state index contributed by atoms with van der Waals surface area (Å²) in [5.74, 6) is 0.941. The summed E-state index contributed by atoms with van der Waals surface area (Å²) in [7, 11) is 0. The van der Waals surface area contributed by atoms with Crippen molar-refractivity contribution in [1.29, 1.82) is 0 Å². The minimum Gasteiger partial charge on any atom is -0.478 e. The predicted octanol–water partition coefficient (Wildman–Crippen LogP) is 5.21. The van der Waals surface area contributed by atoms with E-state index >= 15 is 0 Å². The Bertz CT molecular complexity index is 682. The molecule has 1 heterocycles. The topological polar surface area (TPSA) is 72.3 Å². The molecule has 0 amide bonds. The highest BCUT2D eigenvalue weighted by Crippen LogP contribution is 2.30. The van der Waals surface area contributed by atoms with Gasteiger partial charge in [-0.05, 0) is 56.9 Å². The Morgan fingerprint density at radius 1 is 1.00 bits per heavy atom. The predicted molar refractivity (Wildman–Crippen MR) is 99.6 cm³/mol.